The van der Waals surface area contributed by atoms with Gasteiger partial charge in [0.25, 0.3) is 0 Å². The molecule has 0 saturated heterocycles. The highest BCUT2D eigenvalue weighted by molar-refractivity contribution is 9.10. The second-order valence-electron chi connectivity index (χ2n) is 5.84. The number of phenols is 1. The summed E-state index contributed by atoms with van der Waals surface area (Å²) >= 11 is 7.14. The van der Waals surface area contributed by atoms with Crippen LogP contribution in [0.3, 0.4) is 0 Å². The lowest BCUT2D eigenvalue weighted by Gasteiger charge is -2.25. The topological polar surface area (TPSA) is 33.1 Å². The monoisotopic (exact) mass is 397 g/mol. The van der Waals surface area contributed by atoms with E-state index in [1.54, 1.807) is 6.07 Å². The van der Waals surface area contributed by atoms with Gasteiger partial charge < -0.3 is 5.11 Å². The van der Waals surface area contributed by atoms with Gasteiger partial charge in [0.1, 0.15) is 5.75 Å². The maximum Gasteiger partial charge on any atom is 0.125 e. The number of hydrogen-bond donors (Lipinski definition) is 1. The second-order valence-corrected chi connectivity index (χ2v) is 7.67. The van der Waals surface area contributed by atoms with Crippen LogP contribution in [0.25, 0.3) is 11.3 Å². The maximum absolute atomic E-state index is 10.0. The van der Waals surface area contributed by atoms with Gasteiger partial charge in [-0.15, -0.1) is 0 Å². The van der Waals surface area contributed by atoms with Crippen LogP contribution in [0.2, 0.25) is 0 Å². The summed E-state index contributed by atoms with van der Waals surface area (Å²) in [6, 6.07) is 11.2. The molecule has 1 unspecified atom stereocenters. The number of aromatic nitrogens is 1. The van der Waals surface area contributed by atoms with E-state index in [1.165, 1.54) is 0 Å². The highest BCUT2D eigenvalue weighted by Gasteiger charge is 2.25. The van der Waals surface area contributed by atoms with Gasteiger partial charge in [0.2, 0.25) is 0 Å². The third-order valence-electron chi connectivity index (χ3n) is 3.03. The number of halogens is 2. The molecule has 1 aromatic heterocycles. The van der Waals surface area contributed by atoms with E-state index in [-0.39, 0.29) is 16.0 Å². The van der Waals surface area contributed by atoms with Crippen molar-refractivity contribution in [2.45, 2.75) is 25.6 Å². The zero-order valence-corrected chi connectivity index (χ0v) is 14.9. The lowest BCUT2D eigenvalue weighted by Crippen LogP contribution is -2.14. The first-order chi connectivity index (χ1) is 9.29. The number of pyridine rings is 1. The van der Waals surface area contributed by atoms with Crippen molar-refractivity contribution in [1.29, 1.82) is 0 Å². The van der Waals surface area contributed by atoms with E-state index in [0.717, 1.165) is 21.4 Å². The van der Waals surface area contributed by atoms with Crippen LogP contribution in [0.5, 0.6) is 5.75 Å². The number of aromatic hydroxyl groups is 1. The Bertz CT molecular complexity index is 620. The van der Waals surface area contributed by atoms with E-state index >= 15 is 0 Å². The summed E-state index contributed by atoms with van der Waals surface area (Å²) in [5.74, 6) is 0.236. The standard InChI is InChI=1S/C16H17Br2NO/c1-16(2,3)15(18)13-6-4-5-12(19-13)11-9-10(17)7-8-14(11)20/h4-9,15,20H,1-3H3. The van der Waals surface area contributed by atoms with Crippen LogP contribution in [0.15, 0.2) is 40.9 Å². The zero-order valence-electron chi connectivity index (χ0n) is 11.7. The Balaban J connectivity index is 2.47. The van der Waals surface area contributed by atoms with Gasteiger partial charge in [-0.3, -0.25) is 4.98 Å². The molecule has 2 nitrogen and oxygen atoms in total. The molecule has 1 aromatic carbocycles. The van der Waals surface area contributed by atoms with Crippen LogP contribution in [0.1, 0.15) is 31.3 Å². The second kappa shape index (κ2) is 5.86. The molecule has 1 atom stereocenters. The Morgan fingerprint density at radius 3 is 2.50 bits per heavy atom. The number of alkyl halides is 1. The zero-order chi connectivity index (χ0) is 14.9. The van der Waals surface area contributed by atoms with Crippen LogP contribution < -0.4 is 0 Å². The molecular formula is C16H17Br2NO. The maximum atomic E-state index is 10.0. The smallest absolute Gasteiger partial charge is 0.125 e. The van der Waals surface area contributed by atoms with Gasteiger partial charge in [0.15, 0.2) is 0 Å². The minimum atomic E-state index is 0.0743. The van der Waals surface area contributed by atoms with Crippen molar-refractivity contribution < 1.29 is 5.11 Å². The number of rotatable bonds is 2. The Labute approximate surface area is 136 Å². The number of phenolic OH excluding ortho intramolecular Hbond substituents is 1. The third kappa shape index (κ3) is 3.41. The van der Waals surface area contributed by atoms with Crippen LogP contribution in [-0.2, 0) is 0 Å². The van der Waals surface area contributed by atoms with E-state index < -0.39 is 0 Å². The molecule has 20 heavy (non-hydrogen) atoms. The lowest BCUT2D eigenvalue weighted by molar-refractivity contribution is 0.402. The van der Waals surface area contributed by atoms with Gasteiger partial charge in [-0.1, -0.05) is 58.7 Å². The van der Waals surface area contributed by atoms with Crippen LogP contribution >= 0.6 is 31.9 Å². The minimum absolute atomic E-state index is 0.0743. The molecule has 106 valence electrons. The van der Waals surface area contributed by atoms with Gasteiger partial charge in [-0.05, 0) is 35.7 Å². The molecule has 0 spiro atoms. The molecule has 0 radical (unpaired) electrons. The predicted molar refractivity (Wildman–Crippen MR) is 90.2 cm³/mol. The Morgan fingerprint density at radius 2 is 1.85 bits per heavy atom. The molecule has 0 bridgehead atoms. The predicted octanol–water partition coefficient (Wildman–Crippen LogP) is 5.70. The first-order valence-corrected chi connectivity index (χ1v) is 8.10. The van der Waals surface area contributed by atoms with Crippen molar-refractivity contribution in [3.05, 3.63) is 46.6 Å². The summed E-state index contributed by atoms with van der Waals surface area (Å²) in [5, 5.41) is 10.0. The number of benzene rings is 1. The first-order valence-electron chi connectivity index (χ1n) is 6.39. The summed E-state index contributed by atoms with van der Waals surface area (Å²) in [6.07, 6.45) is 0. The summed E-state index contributed by atoms with van der Waals surface area (Å²) in [5.41, 5.74) is 2.55. The van der Waals surface area contributed by atoms with E-state index in [1.807, 2.05) is 30.3 Å². The summed E-state index contributed by atoms with van der Waals surface area (Å²) in [4.78, 5) is 4.84. The molecule has 0 aliphatic rings. The van der Waals surface area contributed by atoms with E-state index in [0.29, 0.717) is 0 Å². The molecule has 1 heterocycles. The molecule has 0 fully saturated rings. The summed E-state index contributed by atoms with van der Waals surface area (Å²) in [6.45, 7) is 6.49. The van der Waals surface area contributed by atoms with E-state index in [4.69, 9.17) is 0 Å². The summed E-state index contributed by atoms with van der Waals surface area (Å²) < 4.78 is 0.920. The molecule has 0 amide bonds. The van der Waals surface area contributed by atoms with Crippen LogP contribution in [0.4, 0.5) is 0 Å². The van der Waals surface area contributed by atoms with Crippen molar-refractivity contribution in [1.82, 2.24) is 4.98 Å². The Hall–Kier alpha value is -0.870. The molecule has 0 aliphatic heterocycles. The van der Waals surface area contributed by atoms with E-state index in [9.17, 15) is 5.11 Å². The summed E-state index contributed by atoms with van der Waals surface area (Å²) in [7, 11) is 0. The molecule has 1 N–H and O–H groups in total. The minimum Gasteiger partial charge on any atom is -0.507 e. The quantitative estimate of drug-likeness (QED) is 0.658. The molecule has 0 saturated carbocycles. The highest BCUT2D eigenvalue weighted by Crippen LogP contribution is 2.40. The van der Waals surface area contributed by atoms with Crippen LogP contribution in [0, 0.1) is 5.41 Å². The average Bonchev–Trinajstić information content (AvgIpc) is 2.40. The molecular weight excluding hydrogens is 382 g/mol. The average molecular weight is 399 g/mol. The fourth-order valence-corrected chi connectivity index (χ4v) is 2.52. The van der Waals surface area contributed by atoms with Crippen molar-refractivity contribution in [2.75, 3.05) is 0 Å². The fraction of sp³-hybridized carbons (Fsp3) is 0.312. The fourth-order valence-electron chi connectivity index (χ4n) is 1.90. The van der Waals surface area contributed by atoms with Gasteiger partial charge in [0.05, 0.1) is 16.2 Å². The third-order valence-corrected chi connectivity index (χ3v) is 5.36. The first kappa shape index (κ1) is 15.5. The van der Waals surface area contributed by atoms with E-state index in [2.05, 4.69) is 57.6 Å². The molecule has 2 aromatic rings. The van der Waals surface area contributed by atoms with Gasteiger partial charge in [-0.2, -0.15) is 0 Å². The van der Waals surface area contributed by atoms with Crippen molar-refractivity contribution in [3.63, 3.8) is 0 Å². The largest absolute Gasteiger partial charge is 0.507 e. The lowest BCUT2D eigenvalue weighted by atomic mass is 9.90. The van der Waals surface area contributed by atoms with Gasteiger partial charge in [-0.25, -0.2) is 0 Å². The van der Waals surface area contributed by atoms with Gasteiger partial charge >= 0.3 is 0 Å². The molecule has 0 aliphatic carbocycles. The Morgan fingerprint density at radius 1 is 1.15 bits per heavy atom. The Kier molecular flexibility index (Phi) is 4.55. The SMILES string of the molecule is CC(C)(C)C(Br)c1cccc(-c2cc(Br)ccc2O)n1. The van der Waals surface area contributed by atoms with Crippen molar-refractivity contribution in [3.8, 4) is 17.0 Å². The number of hydrogen-bond acceptors (Lipinski definition) is 2. The van der Waals surface area contributed by atoms with Crippen molar-refractivity contribution >= 4 is 31.9 Å². The highest BCUT2D eigenvalue weighted by atomic mass is 79.9. The van der Waals surface area contributed by atoms with Crippen LogP contribution in [-0.4, -0.2) is 10.1 Å². The molecule has 4 heteroatoms. The normalized spacial score (nSPS) is 13.2. The number of nitrogens with zero attached hydrogens (tertiary/aromatic N) is 1. The molecule has 2 rings (SSSR count). The van der Waals surface area contributed by atoms with Crippen molar-refractivity contribution in [2.24, 2.45) is 5.41 Å². The van der Waals surface area contributed by atoms with Gasteiger partial charge in [0, 0.05) is 10.0 Å².